The van der Waals surface area contributed by atoms with Crippen LogP contribution in [0.2, 0.25) is 0 Å². The molecule has 2 aromatic heterocycles. The van der Waals surface area contributed by atoms with Crippen molar-refractivity contribution < 1.29 is 4.42 Å². The van der Waals surface area contributed by atoms with Crippen molar-refractivity contribution in [1.29, 1.82) is 0 Å². The third kappa shape index (κ3) is 5.02. The zero-order valence-corrected chi connectivity index (χ0v) is 28.3. The van der Waals surface area contributed by atoms with Crippen molar-refractivity contribution in [2.45, 2.75) is 0 Å². The van der Waals surface area contributed by atoms with E-state index in [9.17, 15) is 0 Å². The molecule has 0 unspecified atom stereocenters. The Bertz CT molecular complexity index is 2880. The van der Waals surface area contributed by atoms with Crippen molar-refractivity contribution in [2.24, 2.45) is 0 Å². The van der Waals surface area contributed by atoms with Gasteiger partial charge in [0.25, 0.3) is 0 Å². The lowest BCUT2D eigenvalue weighted by Gasteiger charge is -2.27. The number of benzene rings is 8. The van der Waals surface area contributed by atoms with Gasteiger partial charge in [-0.25, -0.2) is 0 Å². The van der Waals surface area contributed by atoms with Gasteiger partial charge in [-0.1, -0.05) is 146 Å². The number of rotatable bonds is 6. The zero-order valence-electron chi connectivity index (χ0n) is 28.3. The second kappa shape index (κ2) is 12.4. The molecule has 0 amide bonds. The minimum atomic E-state index is 0.792. The Kier molecular flexibility index (Phi) is 7.14. The van der Waals surface area contributed by atoms with Crippen LogP contribution < -0.4 is 4.90 Å². The monoisotopic (exact) mass is 664 g/mol. The molecule has 0 N–H and O–H groups in total. The fraction of sp³-hybridized carbons (Fsp3) is 0. The van der Waals surface area contributed by atoms with Gasteiger partial charge in [-0.15, -0.1) is 0 Å². The van der Waals surface area contributed by atoms with Gasteiger partial charge >= 0.3 is 0 Å². The van der Waals surface area contributed by atoms with E-state index >= 15 is 0 Å². The highest BCUT2D eigenvalue weighted by Gasteiger charge is 2.23. The summed E-state index contributed by atoms with van der Waals surface area (Å²) in [5.41, 5.74) is 12.8. The Hall–Kier alpha value is -6.97. The Morgan fingerprint density at radius 2 is 1.04 bits per heavy atom. The second-order valence-corrected chi connectivity index (χ2v) is 13.1. The summed E-state index contributed by atoms with van der Waals surface area (Å²) in [7, 11) is 0. The smallest absolute Gasteiger partial charge is 0.163 e. The van der Waals surface area contributed by atoms with Crippen LogP contribution in [0.15, 0.2) is 199 Å². The summed E-state index contributed by atoms with van der Waals surface area (Å²) < 4.78 is 6.59. The number of para-hydroxylation sites is 1. The van der Waals surface area contributed by atoms with Crippen molar-refractivity contribution >= 4 is 60.7 Å². The van der Waals surface area contributed by atoms with E-state index in [1.54, 1.807) is 0 Å². The summed E-state index contributed by atoms with van der Waals surface area (Å²) in [6.07, 6.45) is 1.84. The molecule has 0 aliphatic carbocycles. The number of aromatic nitrogens is 1. The summed E-state index contributed by atoms with van der Waals surface area (Å²) in [6.45, 7) is 0. The van der Waals surface area contributed by atoms with Gasteiger partial charge in [-0.2, -0.15) is 0 Å². The van der Waals surface area contributed by atoms with Gasteiger partial charge < -0.3 is 9.32 Å². The molecule has 0 atom stereocenters. The molecule has 3 heteroatoms. The molecular formula is C49H32N2O. The molecule has 2 heterocycles. The highest BCUT2D eigenvalue weighted by atomic mass is 16.3. The molecule has 52 heavy (non-hydrogen) atoms. The maximum Gasteiger partial charge on any atom is 0.163 e. The van der Waals surface area contributed by atoms with E-state index in [-0.39, 0.29) is 0 Å². The molecule has 0 aliphatic heterocycles. The van der Waals surface area contributed by atoms with Crippen LogP contribution in [0, 0.1) is 0 Å². The lowest BCUT2D eigenvalue weighted by atomic mass is 9.89. The SMILES string of the molecule is c1ccc(-c2ccc(N(c3ccc(-c4c(-c5ccccc5)ccc5ccccc45)cc3)c3cc4cccnc4c4oc5ccccc5c34)cc2)cc1. The number of pyridine rings is 1. The molecule has 3 nitrogen and oxygen atoms in total. The van der Waals surface area contributed by atoms with E-state index in [0.717, 1.165) is 49.9 Å². The van der Waals surface area contributed by atoms with Gasteiger partial charge in [0.05, 0.1) is 11.1 Å². The third-order valence-corrected chi connectivity index (χ3v) is 10.1. The third-order valence-electron chi connectivity index (χ3n) is 10.1. The molecule has 244 valence electrons. The molecule has 10 rings (SSSR count). The van der Waals surface area contributed by atoms with E-state index in [1.165, 1.54) is 44.2 Å². The van der Waals surface area contributed by atoms with Crippen LogP contribution in [-0.4, -0.2) is 4.98 Å². The second-order valence-electron chi connectivity index (χ2n) is 13.1. The first-order chi connectivity index (χ1) is 25.8. The first-order valence-corrected chi connectivity index (χ1v) is 17.6. The number of nitrogens with zero attached hydrogens (tertiary/aromatic N) is 2. The van der Waals surface area contributed by atoms with Crippen LogP contribution in [0.5, 0.6) is 0 Å². The Morgan fingerprint density at radius 3 is 1.79 bits per heavy atom. The van der Waals surface area contributed by atoms with Crippen LogP contribution in [0.3, 0.4) is 0 Å². The van der Waals surface area contributed by atoms with Gasteiger partial charge in [0.15, 0.2) is 5.58 Å². The van der Waals surface area contributed by atoms with Gasteiger partial charge in [-0.05, 0) is 86.6 Å². The fourth-order valence-electron chi connectivity index (χ4n) is 7.67. The molecule has 0 bridgehead atoms. The van der Waals surface area contributed by atoms with Crippen LogP contribution in [0.4, 0.5) is 17.1 Å². The standard InChI is InChI=1S/C49H32N2O/c1-3-12-33(13-4-1)34-21-26-39(27-22-34)51(44-32-38-17-11-31-50-48(38)49-47(44)43-19-9-10-20-45(43)52-49)40-28-23-37(24-29-40)46-41-18-8-7-16-36(41)25-30-42(46)35-14-5-2-6-15-35/h1-32H. The zero-order chi connectivity index (χ0) is 34.4. The van der Waals surface area contributed by atoms with E-state index in [0.29, 0.717) is 0 Å². The molecule has 0 radical (unpaired) electrons. The van der Waals surface area contributed by atoms with Crippen molar-refractivity contribution in [3.8, 4) is 33.4 Å². The maximum atomic E-state index is 6.59. The minimum absolute atomic E-state index is 0.792. The lowest BCUT2D eigenvalue weighted by molar-refractivity contribution is 0.671. The van der Waals surface area contributed by atoms with E-state index in [1.807, 2.05) is 24.4 Å². The van der Waals surface area contributed by atoms with Crippen LogP contribution in [0.25, 0.3) is 77.0 Å². The minimum Gasteiger partial charge on any atom is -0.454 e. The van der Waals surface area contributed by atoms with Crippen molar-refractivity contribution in [1.82, 2.24) is 4.98 Å². The topological polar surface area (TPSA) is 29.3 Å². The lowest BCUT2D eigenvalue weighted by Crippen LogP contribution is -2.10. The van der Waals surface area contributed by atoms with Crippen molar-refractivity contribution in [2.75, 3.05) is 4.90 Å². The average Bonchev–Trinajstić information content (AvgIpc) is 3.62. The van der Waals surface area contributed by atoms with E-state index < -0.39 is 0 Å². The summed E-state index contributed by atoms with van der Waals surface area (Å²) in [6, 6.07) is 66.9. The van der Waals surface area contributed by atoms with Crippen molar-refractivity contribution in [3.05, 3.63) is 194 Å². The Labute approximate surface area is 301 Å². The first kappa shape index (κ1) is 29.9. The molecule has 10 aromatic rings. The molecule has 0 fully saturated rings. The van der Waals surface area contributed by atoms with Gasteiger partial charge in [-0.3, -0.25) is 4.98 Å². The highest BCUT2D eigenvalue weighted by Crippen LogP contribution is 2.46. The summed E-state index contributed by atoms with van der Waals surface area (Å²) in [5.74, 6) is 0. The largest absolute Gasteiger partial charge is 0.454 e. The quantitative estimate of drug-likeness (QED) is 0.177. The number of hydrogen-bond donors (Lipinski definition) is 0. The number of furan rings is 1. The predicted octanol–water partition coefficient (Wildman–Crippen LogP) is 13.8. The molecule has 0 aliphatic rings. The molecule has 0 saturated heterocycles. The molecule has 0 saturated carbocycles. The van der Waals surface area contributed by atoms with Gasteiger partial charge in [0, 0.05) is 28.3 Å². The average molecular weight is 665 g/mol. The van der Waals surface area contributed by atoms with Crippen LogP contribution in [0.1, 0.15) is 0 Å². The molecule has 0 spiro atoms. The highest BCUT2D eigenvalue weighted by molar-refractivity contribution is 6.21. The predicted molar refractivity (Wildman–Crippen MR) is 218 cm³/mol. The van der Waals surface area contributed by atoms with Gasteiger partial charge in [0.2, 0.25) is 0 Å². The Morgan fingerprint density at radius 1 is 0.442 bits per heavy atom. The number of fused-ring (bicyclic) bond motifs is 6. The van der Waals surface area contributed by atoms with Crippen molar-refractivity contribution in [3.63, 3.8) is 0 Å². The van der Waals surface area contributed by atoms with Crippen LogP contribution in [-0.2, 0) is 0 Å². The number of anilines is 3. The fourth-order valence-corrected chi connectivity index (χ4v) is 7.67. The molecule has 8 aromatic carbocycles. The summed E-state index contributed by atoms with van der Waals surface area (Å²) >= 11 is 0. The maximum absolute atomic E-state index is 6.59. The van der Waals surface area contributed by atoms with Gasteiger partial charge in [0.1, 0.15) is 11.1 Å². The number of hydrogen-bond acceptors (Lipinski definition) is 3. The first-order valence-electron chi connectivity index (χ1n) is 17.6. The van der Waals surface area contributed by atoms with Crippen LogP contribution >= 0.6 is 0 Å². The van der Waals surface area contributed by atoms with E-state index in [4.69, 9.17) is 9.40 Å². The Balaban J connectivity index is 1.20. The summed E-state index contributed by atoms with van der Waals surface area (Å²) in [4.78, 5) is 7.14. The summed E-state index contributed by atoms with van der Waals surface area (Å²) in [5, 5.41) is 5.58. The molecular weight excluding hydrogens is 633 g/mol. The van der Waals surface area contributed by atoms with E-state index in [2.05, 4.69) is 175 Å². The normalized spacial score (nSPS) is 11.5.